The van der Waals surface area contributed by atoms with Gasteiger partial charge in [0.1, 0.15) is 10.1 Å². The summed E-state index contributed by atoms with van der Waals surface area (Å²) in [4.78, 5) is 27.6. The number of hydrogen-bond acceptors (Lipinski definition) is 7. The van der Waals surface area contributed by atoms with Crippen molar-refractivity contribution in [1.29, 1.82) is 0 Å². The minimum Gasteiger partial charge on any atom is -0.497 e. The predicted octanol–water partition coefficient (Wildman–Crippen LogP) is 5.68. The highest BCUT2D eigenvalue weighted by Crippen LogP contribution is 2.39. The van der Waals surface area contributed by atoms with E-state index in [2.05, 4.69) is 5.32 Å². The lowest BCUT2D eigenvalue weighted by molar-refractivity contribution is -0.123. The lowest BCUT2D eigenvalue weighted by Crippen LogP contribution is -2.30. The van der Waals surface area contributed by atoms with Crippen LogP contribution in [0.3, 0.4) is 0 Å². The van der Waals surface area contributed by atoms with Gasteiger partial charge in [-0.2, -0.15) is 0 Å². The number of nitrogens with zero attached hydrogens (tertiary/aromatic N) is 1. The number of amides is 2. The third kappa shape index (κ3) is 6.31. The first-order valence-electron chi connectivity index (χ1n) is 11.5. The first-order valence-corrected chi connectivity index (χ1v) is 12.7. The second kappa shape index (κ2) is 11.9. The second-order valence-electron chi connectivity index (χ2n) is 8.11. The van der Waals surface area contributed by atoms with Crippen LogP contribution in [-0.2, 0) is 9.59 Å². The third-order valence-corrected chi connectivity index (χ3v) is 7.04. The van der Waals surface area contributed by atoms with Gasteiger partial charge in [-0.1, -0.05) is 60.4 Å². The molecule has 3 aromatic rings. The molecule has 0 saturated carbocycles. The number of carbonyl (C=O) groups excluding carboxylic acids is 2. The lowest BCUT2D eigenvalue weighted by atomic mass is 10.1. The number of methoxy groups -OCH3 is 2. The van der Waals surface area contributed by atoms with Crippen molar-refractivity contribution in [3.05, 3.63) is 88.8 Å². The molecule has 1 N–H and O–H groups in total. The molecule has 2 amide bonds. The van der Waals surface area contributed by atoms with Crippen LogP contribution < -0.4 is 19.5 Å². The molecule has 3 aromatic carbocycles. The molecule has 0 spiro atoms. The highest BCUT2D eigenvalue weighted by molar-refractivity contribution is 8.26. The summed E-state index contributed by atoms with van der Waals surface area (Å²) >= 11 is 6.78. The van der Waals surface area contributed by atoms with Gasteiger partial charge in [0.15, 0.2) is 18.1 Å². The number of rotatable bonds is 9. The zero-order chi connectivity index (χ0) is 26.4. The molecule has 4 rings (SSSR count). The SMILES string of the molecule is COc1ccc(NC(=O)COc2ccc(/C=C3\SC(=S)N([C@H](C)c4ccccc4)C3=O)cc2OC)cc1. The van der Waals surface area contributed by atoms with Gasteiger partial charge in [-0.25, -0.2) is 0 Å². The Morgan fingerprint density at radius 3 is 2.43 bits per heavy atom. The molecule has 190 valence electrons. The number of thioether (sulfide) groups is 1. The molecule has 0 aliphatic carbocycles. The molecule has 1 atom stereocenters. The third-order valence-electron chi connectivity index (χ3n) is 5.71. The van der Waals surface area contributed by atoms with Gasteiger partial charge in [-0.15, -0.1) is 0 Å². The maximum atomic E-state index is 13.2. The van der Waals surface area contributed by atoms with E-state index in [0.29, 0.717) is 32.2 Å². The highest BCUT2D eigenvalue weighted by Gasteiger charge is 2.35. The molecule has 1 aliphatic rings. The summed E-state index contributed by atoms with van der Waals surface area (Å²) in [5.74, 6) is 1.11. The van der Waals surface area contributed by atoms with Crippen molar-refractivity contribution >= 4 is 51.9 Å². The maximum absolute atomic E-state index is 13.2. The van der Waals surface area contributed by atoms with Crippen molar-refractivity contribution < 1.29 is 23.8 Å². The molecular weight excluding hydrogens is 508 g/mol. The minimum absolute atomic E-state index is 0.138. The van der Waals surface area contributed by atoms with E-state index in [1.165, 1.54) is 18.9 Å². The Morgan fingerprint density at radius 2 is 1.76 bits per heavy atom. The molecule has 0 aromatic heterocycles. The van der Waals surface area contributed by atoms with E-state index in [1.807, 2.05) is 37.3 Å². The van der Waals surface area contributed by atoms with E-state index >= 15 is 0 Å². The van der Waals surface area contributed by atoms with Crippen molar-refractivity contribution in [3.63, 3.8) is 0 Å². The summed E-state index contributed by atoms with van der Waals surface area (Å²) in [6, 6.07) is 21.9. The summed E-state index contributed by atoms with van der Waals surface area (Å²) in [6.07, 6.45) is 1.78. The minimum atomic E-state index is -0.312. The number of nitrogens with one attached hydrogen (secondary N) is 1. The van der Waals surface area contributed by atoms with E-state index in [4.69, 9.17) is 26.4 Å². The molecule has 0 bridgehead atoms. The summed E-state index contributed by atoms with van der Waals surface area (Å²) < 4.78 is 16.8. The van der Waals surface area contributed by atoms with Crippen LogP contribution in [0.5, 0.6) is 17.2 Å². The number of anilines is 1. The zero-order valence-corrected chi connectivity index (χ0v) is 22.2. The van der Waals surface area contributed by atoms with Crippen LogP contribution in [0.2, 0.25) is 0 Å². The van der Waals surface area contributed by atoms with E-state index in [1.54, 1.807) is 60.6 Å². The van der Waals surface area contributed by atoms with Crippen LogP contribution in [0, 0.1) is 0 Å². The zero-order valence-electron chi connectivity index (χ0n) is 20.6. The predicted molar refractivity (Wildman–Crippen MR) is 150 cm³/mol. The summed E-state index contributed by atoms with van der Waals surface area (Å²) in [6.45, 7) is 1.76. The van der Waals surface area contributed by atoms with Gasteiger partial charge < -0.3 is 19.5 Å². The van der Waals surface area contributed by atoms with Gasteiger partial charge in [0, 0.05) is 5.69 Å². The van der Waals surface area contributed by atoms with Gasteiger partial charge in [-0.05, 0) is 60.5 Å². The number of hydrogen-bond donors (Lipinski definition) is 1. The Balaban J connectivity index is 1.42. The molecule has 1 saturated heterocycles. The van der Waals surface area contributed by atoms with Crippen LogP contribution >= 0.6 is 24.0 Å². The molecule has 0 radical (unpaired) electrons. The Kier molecular flexibility index (Phi) is 8.47. The van der Waals surface area contributed by atoms with Crippen molar-refractivity contribution in [2.45, 2.75) is 13.0 Å². The van der Waals surface area contributed by atoms with E-state index in [-0.39, 0.29) is 24.5 Å². The Hall–Kier alpha value is -3.82. The average Bonchev–Trinajstić information content (AvgIpc) is 3.20. The number of carbonyl (C=O) groups is 2. The average molecular weight is 535 g/mol. The number of benzene rings is 3. The summed E-state index contributed by atoms with van der Waals surface area (Å²) in [7, 11) is 3.10. The molecule has 1 heterocycles. The summed E-state index contributed by atoms with van der Waals surface area (Å²) in [5, 5.41) is 2.77. The van der Waals surface area contributed by atoms with E-state index in [0.717, 1.165) is 11.1 Å². The molecular formula is C28H26N2O5S2. The Morgan fingerprint density at radius 1 is 1.03 bits per heavy atom. The van der Waals surface area contributed by atoms with Crippen LogP contribution in [0.1, 0.15) is 24.1 Å². The van der Waals surface area contributed by atoms with Crippen LogP contribution in [0.25, 0.3) is 6.08 Å². The molecule has 9 heteroatoms. The first kappa shape index (κ1) is 26.2. The molecule has 37 heavy (non-hydrogen) atoms. The van der Waals surface area contributed by atoms with Gasteiger partial charge in [0.05, 0.1) is 25.2 Å². The van der Waals surface area contributed by atoms with E-state index < -0.39 is 0 Å². The maximum Gasteiger partial charge on any atom is 0.266 e. The first-order chi connectivity index (χ1) is 17.9. The van der Waals surface area contributed by atoms with Gasteiger partial charge in [0.25, 0.3) is 11.8 Å². The largest absolute Gasteiger partial charge is 0.497 e. The van der Waals surface area contributed by atoms with Crippen LogP contribution in [0.15, 0.2) is 77.7 Å². The van der Waals surface area contributed by atoms with Crippen molar-refractivity contribution in [2.24, 2.45) is 0 Å². The van der Waals surface area contributed by atoms with Crippen molar-refractivity contribution in [3.8, 4) is 17.2 Å². The van der Waals surface area contributed by atoms with Crippen molar-refractivity contribution in [2.75, 3.05) is 26.1 Å². The van der Waals surface area contributed by atoms with Crippen molar-refractivity contribution in [1.82, 2.24) is 4.90 Å². The van der Waals surface area contributed by atoms with Crippen LogP contribution in [0.4, 0.5) is 5.69 Å². The molecule has 7 nitrogen and oxygen atoms in total. The number of ether oxygens (including phenoxy) is 3. The fourth-order valence-corrected chi connectivity index (χ4v) is 5.17. The summed E-state index contributed by atoms with van der Waals surface area (Å²) in [5.41, 5.74) is 2.40. The smallest absolute Gasteiger partial charge is 0.266 e. The van der Waals surface area contributed by atoms with Gasteiger partial charge in [-0.3, -0.25) is 14.5 Å². The van der Waals surface area contributed by atoms with Gasteiger partial charge in [0.2, 0.25) is 0 Å². The fourth-order valence-electron chi connectivity index (χ4n) is 3.75. The quantitative estimate of drug-likeness (QED) is 0.279. The van der Waals surface area contributed by atoms with E-state index in [9.17, 15) is 9.59 Å². The Bertz CT molecular complexity index is 1330. The lowest BCUT2D eigenvalue weighted by Gasteiger charge is -2.23. The highest BCUT2D eigenvalue weighted by atomic mass is 32.2. The fraction of sp³-hybridized carbons (Fsp3) is 0.179. The molecule has 1 fully saturated rings. The number of thiocarbonyl (C=S) groups is 1. The van der Waals surface area contributed by atoms with Gasteiger partial charge >= 0.3 is 0 Å². The monoisotopic (exact) mass is 534 g/mol. The van der Waals surface area contributed by atoms with Crippen LogP contribution in [-0.4, -0.2) is 41.9 Å². The normalized spacial score (nSPS) is 15.0. The standard InChI is InChI=1S/C28H26N2O5S2/c1-18(20-7-5-4-6-8-20)30-27(32)25(37-28(30)36)16-19-9-14-23(24(15-19)34-3)35-17-26(31)29-21-10-12-22(33-2)13-11-21/h4-16,18H,17H2,1-3H3,(H,29,31)/b25-16-/t18-/m1/s1. The topological polar surface area (TPSA) is 77.1 Å². The molecule has 0 unspecified atom stereocenters. The molecule has 1 aliphatic heterocycles. The second-order valence-corrected chi connectivity index (χ2v) is 9.79. The Labute approximate surface area is 225 Å².